The molecule has 0 radical (unpaired) electrons. The van der Waals surface area contributed by atoms with Crippen LogP contribution in [-0.4, -0.2) is 16.1 Å². The fraction of sp³-hybridized carbons (Fsp3) is 0.625. The number of rotatable bonds is 0. The Hall–Kier alpha value is -0.346. The van der Waals surface area contributed by atoms with Gasteiger partial charge in [0.1, 0.15) is 0 Å². The molecule has 18 heavy (non-hydrogen) atoms. The van der Waals surface area contributed by atoms with Crippen LogP contribution in [0.15, 0.2) is 18.2 Å². The maximum Gasteiger partial charge on any atom is 0.0808 e. The van der Waals surface area contributed by atoms with Crippen molar-refractivity contribution in [3.63, 3.8) is 0 Å². The maximum atomic E-state index is 2.59. The highest BCUT2D eigenvalue weighted by molar-refractivity contribution is 6.99. The summed E-state index contributed by atoms with van der Waals surface area (Å²) >= 11 is 0. The predicted octanol–water partition coefficient (Wildman–Crippen LogP) is 4.01. The van der Waals surface area contributed by atoms with Crippen LogP contribution in [0.25, 0.3) is 0 Å². The van der Waals surface area contributed by atoms with Crippen LogP contribution in [-0.2, 0) is 0 Å². The Kier molecular flexibility index (Phi) is 3.89. The zero-order valence-electron chi connectivity index (χ0n) is 12.8. The molecule has 0 saturated heterocycles. The minimum absolute atomic E-state index is 1.21. The molecule has 0 saturated carbocycles. The lowest BCUT2D eigenvalue weighted by molar-refractivity contribution is 0.758. The minimum Gasteiger partial charge on any atom is -0.0654 e. The molecule has 1 aliphatic heterocycles. The molecule has 1 aromatic rings. The average molecular weight is 277 g/mol. The van der Waals surface area contributed by atoms with E-state index in [1.54, 1.807) is 10.8 Å². The summed E-state index contributed by atoms with van der Waals surface area (Å²) in [7, 11) is -2.44. The van der Waals surface area contributed by atoms with Gasteiger partial charge in [0.05, 0.1) is 16.1 Å². The zero-order valence-corrected chi connectivity index (χ0v) is 14.8. The molecule has 2 heteroatoms. The molecule has 100 valence electrons. The van der Waals surface area contributed by atoms with Gasteiger partial charge in [-0.1, -0.05) is 91.7 Å². The molecule has 0 unspecified atom stereocenters. The second kappa shape index (κ2) is 4.97. The van der Waals surface area contributed by atoms with Crippen LogP contribution >= 0.6 is 0 Å². The van der Waals surface area contributed by atoms with Gasteiger partial charge < -0.3 is 0 Å². The summed E-state index contributed by atoms with van der Waals surface area (Å²) in [6, 6.07) is 10.1. The van der Waals surface area contributed by atoms with Crippen molar-refractivity contribution in [2.45, 2.75) is 64.5 Å². The highest BCUT2D eigenvalue weighted by Crippen LogP contribution is 2.23. The molecular weight excluding hydrogens is 248 g/mol. The van der Waals surface area contributed by atoms with Gasteiger partial charge in [-0.15, -0.1) is 0 Å². The number of hydrogen-bond acceptors (Lipinski definition) is 0. The smallest absolute Gasteiger partial charge is 0.0654 e. The van der Waals surface area contributed by atoms with Crippen LogP contribution in [0.5, 0.6) is 0 Å². The largest absolute Gasteiger partial charge is 0.0808 e. The van der Waals surface area contributed by atoms with E-state index in [1.165, 1.54) is 31.4 Å². The molecule has 0 aromatic heterocycles. The molecule has 0 atom stereocenters. The Morgan fingerprint density at radius 2 is 1.44 bits per heavy atom. The van der Waals surface area contributed by atoms with E-state index in [-0.39, 0.29) is 0 Å². The van der Waals surface area contributed by atoms with Crippen LogP contribution in [0.2, 0.25) is 38.3 Å². The van der Waals surface area contributed by atoms with Gasteiger partial charge in [0.25, 0.3) is 0 Å². The topological polar surface area (TPSA) is 0 Å². The first-order valence-electron chi connectivity index (χ1n) is 7.45. The summed E-state index contributed by atoms with van der Waals surface area (Å²) in [5.74, 6) is 0. The number of benzene rings is 1. The molecule has 2 rings (SSSR count). The van der Waals surface area contributed by atoms with Crippen LogP contribution < -0.4 is 10.4 Å². The summed E-state index contributed by atoms with van der Waals surface area (Å²) in [6.07, 6.45) is 4.37. The third-order valence-electron chi connectivity index (χ3n) is 4.78. The number of hydrogen-bond donors (Lipinski definition) is 0. The molecule has 0 N–H and O–H groups in total. The Morgan fingerprint density at radius 3 is 2.11 bits per heavy atom. The second-order valence-corrected chi connectivity index (χ2v) is 16.9. The SMILES string of the molecule is Cc1cccc2c1[Si](C)(C)CCCCC[Si]2(C)C. The molecule has 0 fully saturated rings. The molecule has 1 aromatic carbocycles. The Bertz CT molecular complexity index is 433. The first-order chi connectivity index (χ1) is 8.34. The lowest BCUT2D eigenvalue weighted by Gasteiger charge is -2.32. The summed E-state index contributed by atoms with van der Waals surface area (Å²) < 4.78 is 0. The van der Waals surface area contributed by atoms with Crippen molar-refractivity contribution in [1.29, 1.82) is 0 Å². The normalized spacial score (nSPS) is 22.5. The predicted molar refractivity (Wildman–Crippen MR) is 88.9 cm³/mol. The van der Waals surface area contributed by atoms with Crippen LogP contribution in [0.4, 0.5) is 0 Å². The van der Waals surface area contributed by atoms with E-state index in [0.717, 1.165) is 0 Å². The lowest BCUT2D eigenvalue weighted by atomic mass is 10.2. The quantitative estimate of drug-likeness (QED) is 0.628. The van der Waals surface area contributed by atoms with Gasteiger partial charge >= 0.3 is 0 Å². The van der Waals surface area contributed by atoms with Gasteiger partial charge in [-0.2, -0.15) is 0 Å². The molecule has 0 nitrogen and oxygen atoms in total. The monoisotopic (exact) mass is 276 g/mol. The first-order valence-corrected chi connectivity index (χ1v) is 13.9. The Morgan fingerprint density at radius 1 is 0.833 bits per heavy atom. The minimum atomic E-state index is -1.22. The third-order valence-corrected chi connectivity index (χ3v) is 12.1. The van der Waals surface area contributed by atoms with E-state index in [2.05, 4.69) is 51.3 Å². The zero-order chi connectivity index (χ0) is 13.4. The van der Waals surface area contributed by atoms with Gasteiger partial charge in [-0.25, -0.2) is 0 Å². The lowest BCUT2D eigenvalue weighted by Crippen LogP contribution is -2.59. The number of aryl methyl sites for hydroxylation is 1. The standard InChI is InChI=1S/C16H28Si2/c1-14-10-9-11-15-16(14)18(4,5)13-8-6-7-12-17(15,2)3/h9-11H,6-8,12-13H2,1-5H3. The first kappa shape index (κ1) is 14.1. The van der Waals surface area contributed by atoms with Crippen molar-refractivity contribution in [1.82, 2.24) is 0 Å². The van der Waals surface area contributed by atoms with Crippen molar-refractivity contribution >= 4 is 26.5 Å². The van der Waals surface area contributed by atoms with Gasteiger partial charge in [-0.3, -0.25) is 0 Å². The molecule has 0 spiro atoms. The molecule has 0 amide bonds. The summed E-state index contributed by atoms with van der Waals surface area (Å²) in [6.45, 7) is 12.7. The van der Waals surface area contributed by atoms with Crippen molar-refractivity contribution in [2.24, 2.45) is 0 Å². The Labute approximate surface area is 115 Å². The maximum absolute atomic E-state index is 2.59. The fourth-order valence-electron chi connectivity index (χ4n) is 3.70. The summed E-state index contributed by atoms with van der Waals surface area (Å²) in [4.78, 5) is 0. The highest BCUT2D eigenvalue weighted by Gasteiger charge is 2.34. The van der Waals surface area contributed by atoms with E-state index in [4.69, 9.17) is 0 Å². The van der Waals surface area contributed by atoms with Crippen molar-refractivity contribution in [3.05, 3.63) is 23.8 Å². The van der Waals surface area contributed by atoms with Crippen molar-refractivity contribution in [3.8, 4) is 0 Å². The average Bonchev–Trinajstić information content (AvgIpc) is 2.30. The van der Waals surface area contributed by atoms with Gasteiger partial charge in [0, 0.05) is 0 Å². The molecule has 0 bridgehead atoms. The van der Waals surface area contributed by atoms with Crippen LogP contribution in [0.1, 0.15) is 24.8 Å². The molecular formula is C16H28Si2. The fourth-order valence-corrected chi connectivity index (χ4v) is 11.9. The second-order valence-electron chi connectivity index (χ2n) is 7.33. The molecule has 1 heterocycles. The van der Waals surface area contributed by atoms with Gasteiger partial charge in [-0.05, 0) is 6.92 Å². The third kappa shape index (κ3) is 2.64. The summed E-state index contributed by atoms with van der Waals surface area (Å²) in [5, 5.41) is 3.62. The van der Waals surface area contributed by atoms with E-state index in [0.29, 0.717) is 0 Å². The summed E-state index contributed by atoms with van der Waals surface area (Å²) in [5.41, 5.74) is 1.58. The van der Waals surface area contributed by atoms with E-state index >= 15 is 0 Å². The van der Waals surface area contributed by atoms with Gasteiger partial charge in [0.15, 0.2) is 0 Å². The van der Waals surface area contributed by atoms with Crippen LogP contribution in [0.3, 0.4) is 0 Å². The number of fused-ring (bicyclic) bond motifs is 1. The van der Waals surface area contributed by atoms with E-state index in [1.807, 2.05) is 5.19 Å². The van der Waals surface area contributed by atoms with Crippen LogP contribution in [0, 0.1) is 6.92 Å². The highest BCUT2D eigenvalue weighted by atomic mass is 28.3. The van der Waals surface area contributed by atoms with Gasteiger partial charge in [0.2, 0.25) is 0 Å². The van der Waals surface area contributed by atoms with Crippen molar-refractivity contribution < 1.29 is 0 Å². The Balaban J connectivity index is 2.63. The van der Waals surface area contributed by atoms with E-state index in [9.17, 15) is 0 Å². The van der Waals surface area contributed by atoms with Crippen molar-refractivity contribution in [2.75, 3.05) is 0 Å². The van der Waals surface area contributed by atoms with E-state index < -0.39 is 16.1 Å². The molecule has 1 aliphatic rings. The molecule has 0 aliphatic carbocycles.